The zero-order chi connectivity index (χ0) is 11.4. The lowest BCUT2D eigenvalue weighted by Crippen LogP contribution is -2.14. The van der Waals surface area contributed by atoms with Crippen LogP contribution in [0.25, 0.3) is 0 Å². The minimum atomic E-state index is -0.256. The highest BCUT2D eigenvalue weighted by Crippen LogP contribution is 2.26. The Bertz CT molecular complexity index is 310. The highest BCUT2D eigenvalue weighted by Gasteiger charge is 2.15. The Morgan fingerprint density at radius 2 is 1.88 bits per heavy atom. The van der Waals surface area contributed by atoms with Crippen molar-refractivity contribution in [1.29, 1.82) is 0 Å². The van der Waals surface area contributed by atoms with Crippen LogP contribution in [0.15, 0.2) is 24.3 Å². The molecule has 0 spiro atoms. The summed E-state index contributed by atoms with van der Waals surface area (Å²) in [5, 5.41) is 9.31. The molecule has 1 N–H and O–H groups in total. The van der Waals surface area contributed by atoms with Crippen molar-refractivity contribution in [1.82, 2.24) is 0 Å². The Hall–Kier alpha value is -0.860. The van der Waals surface area contributed by atoms with Crippen molar-refractivity contribution in [3.63, 3.8) is 0 Å². The van der Waals surface area contributed by atoms with Gasteiger partial charge < -0.3 is 9.84 Å². The van der Waals surface area contributed by atoms with E-state index in [-0.39, 0.29) is 6.10 Å². The van der Waals surface area contributed by atoms with Crippen LogP contribution in [-0.4, -0.2) is 24.4 Å². The van der Waals surface area contributed by atoms with Crippen LogP contribution < -0.4 is 0 Å². The maximum absolute atomic E-state index is 9.31. The molecule has 1 aromatic rings. The molecule has 16 heavy (non-hydrogen) atoms. The van der Waals surface area contributed by atoms with Gasteiger partial charge >= 0.3 is 0 Å². The first-order valence-corrected chi connectivity index (χ1v) is 6.10. The monoisotopic (exact) mass is 220 g/mol. The van der Waals surface area contributed by atoms with E-state index in [9.17, 15) is 5.11 Å². The molecule has 1 aromatic carbocycles. The molecule has 1 aliphatic heterocycles. The largest absolute Gasteiger partial charge is 0.393 e. The predicted octanol–water partition coefficient (Wildman–Crippen LogP) is 2.50. The number of benzene rings is 1. The van der Waals surface area contributed by atoms with Crippen molar-refractivity contribution in [3.8, 4) is 0 Å². The van der Waals surface area contributed by atoms with Gasteiger partial charge in [-0.3, -0.25) is 0 Å². The molecule has 1 fully saturated rings. The smallest absolute Gasteiger partial charge is 0.0552 e. The molecule has 1 saturated heterocycles. The maximum atomic E-state index is 9.31. The maximum Gasteiger partial charge on any atom is 0.0552 e. The lowest BCUT2D eigenvalue weighted by Gasteiger charge is -2.22. The third-order valence-electron chi connectivity index (χ3n) is 3.20. The van der Waals surface area contributed by atoms with E-state index in [2.05, 4.69) is 24.3 Å². The Kier molecular flexibility index (Phi) is 3.97. The van der Waals surface area contributed by atoms with Gasteiger partial charge in [0.15, 0.2) is 0 Å². The predicted molar refractivity (Wildman–Crippen MR) is 64.6 cm³/mol. The van der Waals surface area contributed by atoms with Crippen LogP contribution in [0.4, 0.5) is 0 Å². The average Bonchev–Trinajstić information content (AvgIpc) is 2.30. The van der Waals surface area contributed by atoms with Crippen molar-refractivity contribution in [2.45, 2.75) is 38.2 Å². The molecule has 0 radical (unpaired) electrons. The first kappa shape index (κ1) is 11.6. The summed E-state index contributed by atoms with van der Waals surface area (Å²) in [6.45, 7) is 3.60. The molecular formula is C14H20O2. The lowest BCUT2D eigenvalue weighted by atomic mass is 9.91. The zero-order valence-corrected chi connectivity index (χ0v) is 9.86. The van der Waals surface area contributed by atoms with Gasteiger partial charge in [-0.25, -0.2) is 0 Å². The summed E-state index contributed by atoms with van der Waals surface area (Å²) in [7, 11) is 0. The van der Waals surface area contributed by atoms with Gasteiger partial charge in [-0.1, -0.05) is 24.3 Å². The zero-order valence-electron chi connectivity index (χ0n) is 9.86. The molecule has 0 aromatic heterocycles. The molecule has 1 heterocycles. The Labute approximate surface area is 97.3 Å². The Morgan fingerprint density at radius 1 is 1.25 bits per heavy atom. The summed E-state index contributed by atoms with van der Waals surface area (Å²) >= 11 is 0. The van der Waals surface area contributed by atoms with Crippen molar-refractivity contribution < 1.29 is 9.84 Å². The molecule has 2 heteroatoms. The fourth-order valence-electron chi connectivity index (χ4n) is 2.30. The molecule has 2 rings (SSSR count). The lowest BCUT2D eigenvalue weighted by molar-refractivity contribution is 0.0853. The normalized spacial score (nSPS) is 19.6. The standard InChI is InChI=1S/C14H20O2/c1-11(15)10-12-2-4-13(5-3-12)14-6-8-16-9-7-14/h2-5,11,14-15H,6-10H2,1H3. The molecule has 0 bridgehead atoms. The summed E-state index contributed by atoms with van der Waals surface area (Å²) in [4.78, 5) is 0. The second-order valence-corrected chi connectivity index (χ2v) is 4.68. The molecular weight excluding hydrogens is 200 g/mol. The van der Waals surface area contributed by atoms with E-state index in [1.54, 1.807) is 0 Å². The quantitative estimate of drug-likeness (QED) is 0.848. The van der Waals surface area contributed by atoms with Crippen LogP contribution in [0.5, 0.6) is 0 Å². The summed E-state index contributed by atoms with van der Waals surface area (Å²) in [5.74, 6) is 0.661. The molecule has 88 valence electrons. The first-order chi connectivity index (χ1) is 7.75. The average molecular weight is 220 g/mol. The SMILES string of the molecule is CC(O)Cc1ccc(C2CCOCC2)cc1. The van der Waals surface area contributed by atoms with Crippen LogP contribution >= 0.6 is 0 Å². The highest BCUT2D eigenvalue weighted by molar-refractivity contribution is 5.26. The molecule has 1 unspecified atom stereocenters. The molecule has 1 aliphatic rings. The van der Waals surface area contributed by atoms with E-state index in [1.807, 2.05) is 6.92 Å². The van der Waals surface area contributed by atoms with E-state index in [4.69, 9.17) is 4.74 Å². The molecule has 1 atom stereocenters. The minimum absolute atomic E-state index is 0.256. The Balaban J connectivity index is 2.00. The minimum Gasteiger partial charge on any atom is -0.393 e. The molecule has 0 saturated carbocycles. The second-order valence-electron chi connectivity index (χ2n) is 4.68. The number of aliphatic hydroxyl groups is 1. The van der Waals surface area contributed by atoms with Crippen molar-refractivity contribution in [3.05, 3.63) is 35.4 Å². The van der Waals surface area contributed by atoms with Gasteiger partial charge in [0, 0.05) is 13.2 Å². The van der Waals surface area contributed by atoms with E-state index in [1.165, 1.54) is 11.1 Å². The number of ether oxygens (including phenoxy) is 1. The van der Waals surface area contributed by atoms with Crippen LogP contribution in [0.3, 0.4) is 0 Å². The van der Waals surface area contributed by atoms with E-state index >= 15 is 0 Å². The van der Waals surface area contributed by atoms with Crippen molar-refractivity contribution in [2.75, 3.05) is 13.2 Å². The number of hydrogen-bond donors (Lipinski definition) is 1. The van der Waals surface area contributed by atoms with Gasteiger partial charge in [-0.15, -0.1) is 0 Å². The van der Waals surface area contributed by atoms with Gasteiger partial charge in [0.25, 0.3) is 0 Å². The molecule has 2 nitrogen and oxygen atoms in total. The van der Waals surface area contributed by atoms with Crippen LogP contribution in [0.2, 0.25) is 0 Å². The van der Waals surface area contributed by atoms with Crippen LogP contribution in [0, 0.1) is 0 Å². The number of hydrogen-bond acceptors (Lipinski definition) is 2. The third-order valence-corrected chi connectivity index (χ3v) is 3.20. The summed E-state index contributed by atoms with van der Waals surface area (Å²) < 4.78 is 5.36. The third kappa shape index (κ3) is 3.06. The van der Waals surface area contributed by atoms with E-state index in [0.717, 1.165) is 32.5 Å². The Morgan fingerprint density at radius 3 is 2.44 bits per heavy atom. The summed E-state index contributed by atoms with van der Waals surface area (Å²) in [6, 6.07) is 8.68. The van der Waals surface area contributed by atoms with Crippen LogP contribution in [0.1, 0.15) is 36.8 Å². The fourth-order valence-corrected chi connectivity index (χ4v) is 2.30. The fraction of sp³-hybridized carbons (Fsp3) is 0.571. The topological polar surface area (TPSA) is 29.5 Å². The number of aliphatic hydroxyl groups excluding tert-OH is 1. The summed E-state index contributed by atoms with van der Waals surface area (Å²) in [5.41, 5.74) is 2.63. The number of rotatable bonds is 3. The second kappa shape index (κ2) is 5.46. The first-order valence-electron chi connectivity index (χ1n) is 6.10. The van der Waals surface area contributed by atoms with Gasteiger partial charge in [0.1, 0.15) is 0 Å². The van der Waals surface area contributed by atoms with Gasteiger partial charge in [-0.2, -0.15) is 0 Å². The van der Waals surface area contributed by atoms with E-state index < -0.39 is 0 Å². The van der Waals surface area contributed by atoms with Gasteiger partial charge in [-0.05, 0) is 43.2 Å². The van der Waals surface area contributed by atoms with Crippen LogP contribution in [-0.2, 0) is 11.2 Å². The van der Waals surface area contributed by atoms with Crippen molar-refractivity contribution in [2.24, 2.45) is 0 Å². The molecule has 0 amide bonds. The van der Waals surface area contributed by atoms with Gasteiger partial charge in [0.2, 0.25) is 0 Å². The van der Waals surface area contributed by atoms with Crippen molar-refractivity contribution >= 4 is 0 Å². The highest BCUT2D eigenvalue weighted by atomic mass is 16.5. The van der Waals surface area contributed by atoms with Gasteiger partial charge in [0.05, 0.1) is 6.10 Å². The molecule has 0 aliphatic carbocycles. The summed E-state index contributed by atoms with van der Waals surface area (Å²) in [6.07, 6.45) is 2.76. The van der Waals surface area contributed by atoms with E-state index in [0.29, 0.717) is 5.92 Å².